The van der Waals surface area contributed by atoms with Crippen molar-refractivity contribution >= 4 is 49.1 Å². The van der Waals surface area contributed by atoms with E-state index in [-0.39, 0.29) is 38.6 Å². The highest BCUT2D eigenvalue weighted by atomic mass is 28.4. The highest BCUT2D eigenvalue weighted by Crippen LogP contribution is 2.60. The van der Waals surface area contributed by atoms with Crippen molar-refractivity contribution in [2.45, 2.75) is 82.8 Å². The van der Waals surface area contributed by atoms with Gasteiger partial charge in [-0.05, 0) is 68.4 Å². The average Bonchev–Trinajstić information content (AvgIpc) is 3.51. The third-order valence-electron chi connectivity index (χ3n) is 9.86. The van der Waals surface area contributed by atoms with Crippen molar-refractivity contribution in [3.05, 3.63) is 89.5 Å². The predicted molar refractivity (Wildman–Crippen MR) is 196 cm³/mol. The Balaban J connectivity index is 1.52. The van der Waals surface area contributed by atoms with Gasteiger partial charge in [-0.3, -0.25) is 19.2 Å². The number of hydrogen-bond donors (Lipinski definition) is 5. The number of rotatable bonds is 13. The van der Waals surface area contributed by atoms with Crippen LogP contribution in [0, 0.1) is 5.92 Å². The summed E-state index contributed by atoms with van der Waals surface area (Å²) >= 11 is 0. The van der Waals surface area contributed by atoms with Crippen molar-refractivity contribution in [3.8, 4) is 0 Å². The number of nitrogens with one attached hydrogen (secondary N) is 2. The minimum atomic E-state index is -3.64. The van der Waals surface area contributed by atoms with Crippen LogP contribution in [-0.4, -0.2) is 83.7 Å². The van der Waals surface area contributed by atoms with E-state index in [1.54, 1.807) is 62.5 Å². The lowest BCUT2D eigenvalue weighted by atomic mass is 9.82. The smallest absolute Gasteiger partial charge is 0.264 e. The normalized spacial score (nSPS) is 22.2. The van der Waals surface area contributed by atoms with Gasteiger partial charge >= 0.3 is 0 Å². The summed E-state index contributed by atoms with van der Waals surface area (Å²) in [6.45, 7) is 7.64. The Morgan fingerprint density at radius 2 is 1.54 bits per heavy atom. The molecular formula is C38H47FN4O8Si. The first kappa shape index (κ1) is 38.8. The third-order valence-corrected chi connectivity index (χ3v) is 12.3. The number of aliphatic hydroxyl groups excluding tert-OH is 3. The third kappa shape index (κ3) is 7.95. The number of ether oxygens (including phenoxy) is 1. The maximum Gasteiger partial charge on any atom is 0.264 e. The van der Waals surface area contributed by atoms with Crippen LogP contribution in [0.1, 0.15) is 43.9 Å². The molecule has 1 spiro atoms. The Labute approximate surface area is 303 Å². The second-order valence-corrected chi connectivity index (χ2v) is 17.9. The van der Waals surface area contributed by atoms with Crippen molar-refractivity contribution in [2.24, 2.45) is 5.92 Å². The number of hydrogen-bond acceptors (Lipinski definition) is 8. The van der Waals surface area contributed by atoms with E-state index in [4.69, 9.17) is 4.74 Å². The minimum absolute atomic E-state index is 0.0611. The molecule has 52 heavy (non-hydrogen) atoms. The van der Waals surface area contributed by atoms with Gasteiger partial charge < -0.3 is 44.6 Å². The highest BCUT2D eigenvalue weighted by Gasteiger charge is 2.67. The highest BCUT2D eigenvalue weighted by molar-refractivity contribution is 6.72. The molecule has 5 N–H and O–H groups in total. The Bertz CT molecular complexity index is 1790. The van der Waals surface area contributed by atoms with E-state index in [0.29, 0.717) is 28.2 Å². The van der Waals surface area contributed by atoms with Gasteiger partial charge in [0.2, 0.25) is 14.3 Å². The van der Waals surface area contributed by atoms with Crippen LogP contribution in [0.5, 0.6) is 0 Å². The molecule has 6 atom stereocenters. The number of fused-ring (bicyclic) bond motifs is 2. The molecule has 0 saturated carbocycles. The standard InChI is InChI=1S/C38H47FN4O8Si/c1-23-34(52(4,5)39)32(20-33(47)42(17-18-44)21-26-9-7-6-8-10-26)51-38(23)30-19-29(41-36(49)25(3)46)15-16-31(30)43(37(38)50)22-27-11-13-28(14-12-27)40-35(48)24(2)45/h6-16,19,23-25,32,34,44-46H,17-18,20-22H2,1-5H3,(H,40,48)(H,41,49)/t23-,24-,25-,32+,34-,38+/m0/s1. The van der Waals surface area contributed by atoms with Gasteiger partial charge in [0.25, 0.3) is 17.7 Å². The van der Waals surface area contributed by atoms with Crippen molar-refractivity contribution in [3.63, 3.8) is 0 Å². The molecule has 2 aliphatic rings. The molecular weight excluding hydrogens is 688 g/mol. The van der Waals surface area contributed by atoms with Crippen molar-refractivity contribution in [1.29, 1.82) is 0 Å². The van der Waals surface area contributed by atoms with E-state index in [9.17, 15) is 34.5 Å². The summed E-state index contributed by atoms with van der Waals surface area (Å²) in [7, 11) is -3.64. The molecule has 0 aliphatic carbocycles. The number of carbonyl (C=O) groups is 4. The van der Waals surface area contributed by atoms with Gasteiger partial charge in [-0.1, -0.05) is 49.4 Å². The molecule has 3 aromatic carbocycles. The van der Waals surface area contributed by atoms with Crippen molar-refractivity contribution in [1.82, 2.24) is 4.90 Å². The number of halogens is 1. The molecule has 1 saturated heterocycles. The van der Waals surface area contributed by atoms with E-state index >= 15 is 4.11 Å². The number of nitrogens with zero attached hydrogens (tertiary/aromatic N) is 2. The summed E-state index contributed by atoms with van der Waals surface area (Å²) < 4.78 is 23.3. The van der Waals surface area contributed by atoms with Gasteiger partial charge in [0.15, 0.2) is 5.60 Å². The van der Waals surface area contributed by atoms with E-state index in [1.165, 1.54) is 23.6 Å². The number of aliphatic hydroxyl groups is 3. The molecule has 0 bridgehead atoms. The maximum absolute atomic E-state index is 16.5. The minimum Gasteiger partial charge on any atom is -0.395 e. The first-order chi connectivity index (χ1) is 24.6. The largest absolute Gasteiger partial charge is 0.395 e. The lowest BCUT2D eigenvalue weighted by Crippen LogP contribution is -2.45. The molecule has 0 unspecified atom stereocenters. The van der Waals surface area contributed by atoms with Crippen LogP contribution in [0.2, 0.25) is 18.6 Å². The SMILES string of the molecule is C[C@H](O)C(=O)Nc1ccc(CN2C(=O)[C@]3(O[C@H](CC(=O)N(CCO)Cc4ccccc4)[C@@H]([Si](C)(C)F)[C@@H]3C)c3cc(NC(=O)[C@H](C)O)ccc32)cc1. The summed E-state index contributed by atoms with van der Waals surface area (Å²) in [4.78, 5) is 56.3. The second kappa shape index (κ2) is 15.6. The van der Waals surface area contributed by atoms with Crippen LogP contribution in [0.15, 0.2) is 72.8 Å². The van der Waals surface area contributed by atoms with Gasteiger partial charge in [-0.2, -0.15) is 0 Å². The fourth-order valence-electron chi connectivity index (χ4n) is 7.37. The van der Waals surface area contributed by atoms with Gasteiger partial charge in [-0.25, -0.2) is 0 Å². The van der Waals surface area contributed by atoms with Crippen LogP contribution in [0.3, 0.4) is 0 Å². The second-order valence-electron chi connectivity index (χ2n) is 14.2. The molecule has 0 aromatic heterocycles. The number of carbonyl (C=O) groups excluding carboxylic acids is 4. The van der Waals surface area contributed by atoms with Gasteiger partial charge in [0.1, 0.15) is 12.2 Å². The average molecular weight is 735 g/mol. The number of anilines is 3. The zero-order chi connectivity index (χ0) is 38.0. The molecule has 2 aliphatic heterocycles. The van der Waals surface area contributed by atoms with E-state index in [1.807, 2.05) is 30.3 Å². The Kier molecular flexibility index (Phi) is 11.7. The van der Waals surface area contributed by atoms with Crippen LogP contribution >= 0.6 is 0 Å². The van der Waals surface area contributed by atoms with Crippen LogP contribution in [0.4, 0.5) is 21.2 Å². The molecule has 5 rings (SSSR count). The Morgan fingerprint density at radius 1 is 0.942 bits per heavy atom. The molecule has 3 aromatic rings. The molecule has 278 valence electrons. The topological polar surface area (TPSA) is 169 Å². The van der Waals surface area contributed by atoms with Gasteiger partial charge in [-0.15, -0.1) is 0 Å². The summed E-state index contributed by atoms with van der Waals surface area (Å²) in [6, 6.07) is 21.0. The van der Waals surface area contributed by atoms with Crippen LogP contribution < -0.4 is 15.5 Å². The summed E-state index contributed by atoms with van der Waals surface area (Å²) in [6.07, 6.45) is -3.69. The zero-order valence-corrected chi connectivity index (χ0v) is 31.0. The van der Waals surface area contributed by atoms with Crippen LogP contribution in [0.25, 0.3) is 0 Å². The van der Waals surface area contributed by atoms with Crippen molar-refractivity contribution < 1.29 is 43.3 Å². The van der Waals surface area contributed by atoms with Gasteiger partial charge in [0.05, 0.1) is 31.4 Å². The Morgan fingerprint density at radius 3 is 2.12 bits per heavy atom. The van der Waals surface area contributed by atoms with E-state index in [2.05, 4.69) is 10.6 Å². The summed E-state index contributed by atoms with van der Waals surface area (Å²) in [5, 5.41) is 34.5. The fraction of sp³-hybridized carbons (Fsp3) is 0.421. The first-order valence-electron chi connectivity index (χ1n) is 17.4. The molecule has 2 heterocycles. The molecule has 1 fully saturated rings. The fourth-order valence-corrected chi connectivity index (χ4v) is 9.86. The van der Waals surface area contributed by atoms with Crippen molar-refractivity contribution in [2.75, 3.05) is 28.7 Å². The predicted octanol–water partition coefficient (Wildman–Crippen LogP) is 4.06. The summed E-state index contributed by atoms with van der Waals surface area (Å²) in [5.74, 6) is -2.74. The summed E-state index contributed by atoms with van der Waals surface area (Å²) in [5.41, 5.74) is 0.715. The quantitative estimate of drug-likeness (QED) is 0.130. The van der Waals surface area contributed by atoms with E-state index in [0.717, 1.165) is 5.56 Å². The van der Waals surface area contributed by atoms with E-state index < -0.39 is 61.5 Å². The number of benzene rings is 3. The monoisotopic (exact) mass is 734 g/mol. The molecule has 0 radical (unpaired) electrons. The van der Waals surface area contributed by atoms with Gasteiger partial charge in [0, 0.05) is 41.5 Å². The zero-order valence-electron chi connectivity index (χ0n) is 30.0. The van der Waals surface area contributed by atoms with Crippen LogP contribution in [-0.2, 0) is 42.6 Å². The lowest BCUT2D eigenvalue weighted by Gasteiger charge is -2.31. The molecule has 4 amide bonds. The lowest BCUT2D eigenvalue weighted by molar-refractivity contribution is -0.150. The molecule has 14 heteroatoms. The Hall–Kier alpha value is -4.47. The number of amides is 4. The first-order valence-corrected chi connectivity index (χ1v) is 20.3. The molecule has 12 nitrogen and oxygen atoms in total. The maximum atomic E-state index is 16.5.